The van der Waals surface area contributed by atoms with Crippen molar-refractivity contribution < 1.29 is 4.74 Å². The molecule has 1 heterocycles. The predicted octanol–water partition coefficient (Wildman–Crippen LogP) is 3.18. The Labute approximate surface area is 117 Å². The molecule has 0 unspecified atom stereocenters. The first-order chi connectivity index (χ1) is 9.28. The Balaban J connectivity index is 1.85. The Hall–Kier alpha value is -1.81. The number of halogens is 1. The first kappa shape index (κ1) is 13.6. The van der Waals surface area contributed by atoms with E-state index in [1.165, 1.54) is 11.9 Å². The highest BCUT2D eigenvalue weighted by atomic mass is 35.5. The van der Waals surface area contributed by atoms with Crippen LogP contribution in [0.4, 0.5) is 5.82 Å². The van der Waals surface area contributed by atoms with Crippen LogP contribution in [0.3, 0.4) is 0 Å². The molecule has 0 fully saturated rings. The van der Waals surface area contributed by atoms with Crippen LogP contribution < -0.4 is 10.1 Å². The molecular weight excluding hydrogens is 262 g/mol. The first-order valence-electron chi connectivity index (χ1n) is 6.21. The van der Waals surface area contributed by atoms with Gasteiger partial charge >= 0.3 is 0 Å². The minimum absolute atomic E-state index is 0.589. The summed E-state index contributed by atoms with van der Waals surface area (Å²) in [5, 5.41) is 4.00. The maximum atomic E-state index is 5.84. The van der Waals surface area contributed by atoms with Gasteiger partial charge in [-0.15, -0.1) is 0 Å². The van der Waals surface area contributed by atoms with Gasteiger partial charge in [-0.05, 0) is 31.0 Å². The van der Waals surface area contributed by atoms with Crippen molar-refractivity contribution in [3.8, 4) is 5.88 Å². The van der Waals surface area contributed by atoms with Crippen LogP contribution in [-0.2, 0) is 6.42 Å². The molecule has 19 heavy (non-hydrogen) atoms. The van der Waals surface area contributed by atoms with E-state index in [1.54, 1.807) is 6.07 Å². The van der Waals surface area contributed by atoms with Crippen molar-refractivity contribution in [2.24, 2.45) is 0 Å². The van der Waals surface area contributed by atoms with Gasteiger partial charge in [0.15, 0.2) is 0 Å². The zero-order valence-electron chi connectivity index (χ0n) is 10.8. The predicted molar refractivity (Wildman–Crippen MR) is 76.8 cm³/mol. The van der Waals surface area contributed by atoms with E-state index >= 15 is 0 Å². The van der Waals surface area contributed by atoms with Crippen molar-refractivity contribution in [1.29, 1.82) is 0 Å². The minimum atomic E-state index is 0.589. The number of anilines is 1. The van der Waals surface area contributed by atoms with Gasteiger partial charge in [0.1, 0.15) is 12.1 Å². The smallest absolute Gasteiger partial charge is 0.218 e. The van der Waals surface area contributed by atoms with Gasteiger partial charge in [0.05, 0.1) is 6.61 Å². The van der Waals surface area contributed by atoms with E-state index in [1.807, 2.05) is 31.2 Å². The fourth-order valence-corrected chi connectivity index (χ4v) is 1.77. The Bertz CT molecular complexity index is 516. The van der Waals surface area contributed by atoms with Gasteiger partial charge in [0.2, 0.25) is 5.88 Å². The van der Waals surface area contributed by atoms with Crippen LogP contribution in [0.1, 0.15) is 12.5 Å². The standard InChI is InChI=1S/C14H16ClN3O/c1-2-19-14-9-13(17-10-18-14)16-8-7-11-3-5-12(15)6-4-11/h3-6,9-10H,2,7-8H2,1H3,(H,16,17,18). The average molecular weight is 278 g/mol. The summed E-state index contributed by atoms with van der Waals surface area (Å²) < 4.78 is 5.32. The quantitative estimate of drug-likeness (QED) is 0.881. The van der Waals surface area contributed by atoms with Crippen molar-refractivity contribution in [2.75, 3.05) is 18.5 Å². The molecular formula is C14H16ClN3O. The monoisotopic (exact) mass is 277 g/mol. The molecule has 0 aliphatic carbocycles. The van der Waals surface area contributed by atoms with Crippen LogP contribution in [-0.4, -0.2) is 23.1 Å². The van der Waals surface area contributed by atoms with Gasteiger partial charge in [-0.25, -0.2) is 9.97 Å². The van der Waals surface area contributed by atoms with Gasteiger partial charge in [-0.2, -0.15) is 0 Å². The highest BCUT2D eigenvalue weighted by molar-refractivity contribution is 6.30. The molecule has 0 atom stereocenters. The van der Waals surface area contributed by atoms with E-state index in [-0.39, 0.29) is 0 Å². The van der Waals surface area contributed by atoms with Gasteiger partial charge in [-0.1, -0.05) is 23.7 Å². The summed E-state index contributed by atoms with van der Waals surface area (Å²) in [6, 6.07) is 9.64. The van der Waals surface area contributed by atoms with E-state index < -0.39 is 0 Å². The van der Waals surface area contributed by atoms with E-state index in [4.69, 9.17) is 16.3 Å². The summed E-state index contributed by atoms with van der Waals surface area (Å²) in [4.78, 5) is 8.16. The number of ether oxygens (including phenoxy) is 1. The fraction of sp³-hybridized carbons (Fsp3) is 0.286. The maximum Gasteiger partial charge on any atom is 0.218 e. The van der Waals surface area contributed by atoms with Crippen molar-refractivity contribution in [3.05, 3.63) is 47.2 Å². The summed E-state index contributed by atoms with van der Waals surface area (Å²) in [6.07, 6.45) is 2.40. The van der Waals surface area contributed by atoms with E-state index in [0.29, 0.717) is 12.5 Å². The minimum Gasteiger partial charge on any atom is -0.478 e. The number of rotatable bonds is 6. The summed E-state index contributed by atoms with van der Waals surface area (Å²) in [5.74, 6) is 1.36. The second kappa shape index (κ2) is 6.95. The van der Waals surface area contributed by atoms with Crippen molar-refractivity contribution >= 4 is 17.4 Å². The molecule has 0 radical (unpaired) electrons. The maximum absolute atomic E-state index is 5.84. The zero-order chi connectivity index (χ0) is 13.5. The lowest BCUT2D eigenvalue weighted by Crippen LogP contribution is -2.07. The highest BCUT2D eigenvalue weighted by Gasteiger charge is 1.99. The number of nitrogens with one attached hydrogen (secondary N) is 1. The zero-order valence-corrected chi connectivity index (χ0v) is 11.5. The molecule has 0 saturated heterocycles. The van der Waals surface area contributed by atoms with Crippen LogP contribution in [0, 0.1) is 0 Å². The van der Waals surface area contributed by atoms with E-state index in [9.17, 15) is 0 Å². The van der Waals surface area contributed by atoms with E-state index in [0.717, 1.165) is 23.8 Å². The lowest BCUT2D eigenvalue weighted by atomic mass is 10.1. The summed E-state index contributed by atoms with van der Waals surface area (Å²) in [5.41, 5.74) is 1.23. The Morgan fingerprint density at radius 3 is 2.74 bits per heavy atom. The molecule has 100 valence electrons. The number of hydrogen-bond donors (Lipinski definition) is 1. The van der Waals surface area contributed by atoms with E-state index in [2.05, 4.69) is 15.3 Å². The topological polar surface area (TPSA) is 47.0 Å². The van der Waals surface area contributed by atoms with Crippen molar-refractivity contribution in [1.82, 2.24) is 9.97 Å². The molecule has 2 rings (SSSR count). The molecule has 0 aliphatic heterocycles. The normalized spacial score (nSPS) is 10.2. The third kappa shape index (κ3) is 4.41. The molecule has 5 heteroatoms. The average Bonchev–Trinajstić information content (AvgIpc) is 2.42. The van der Waals surface area contributed by atoms with Crippen LogP contribution in [0.2, 0.25) is 5.02 Å². The Morgan fingerprint density at radius 1 is 1.21 bits per heavy atom. The van der Waals surface area contributed by atoms with Crippen molar-refractivity contribution in [3.63, 3.8) is 0 Å². The van der Waals surface area contributed by atoms with Crippen molar-refractivity contribution in [2.45, 2.75) is 13.3 Å². The Morgan fingerprint density at radius 2 is 2.00 bits per heavy atom. The van der Waals surface area contributed by atoms with Crippen LogP contribution in [0.25, 0.3) is 0 Å². The molecule has 2 aromatic rings. The molecule has 4 nitrogen and oxygen atoms in total. The number of benzene rings is 1. The molecule has 0 aliphatic rings. The van der Waals surface area contributed by atoms with Crippen LogP contribution in [0.5, 0.6) is 5.88 Å². The largest absolute Gasteiger partial charge is 0.478 e. The molecule has 0 amide bonds. The van der Waals surface area contributed by atoms with Crippen LogP contribution in [0.15, 0.2) is 36.7 Å². The summed E-state index contributed by atoms with van der Waals surface area (Å²) >= 11 is 5.84. The molecule has 0 bridgehead atoms. The number of nitrogens with zero attached hydrogens (tertiary/aromatic N) is 2. The fourth-order valence-electron chi connectivity index (χ4n) is 1.65. The van der Waals surface area contributed by atoms with Crippen LogP contribution >= 0.6 is 11.6 Å². The third-order valence-corrected chi connectivity index (χ3v) is 2.82. The second-order valence-corrected chi connectivity index (χ2v) is 4.41. The summed E-state index contributed by atoms with van der Waals surface area (Å²) in [7, 11) is 0. The SMILES string of the molecule is CCOc1cc(NCCc2ccc(Cl)cc2)ncn1. The highest BCUT2D eigenvalue weighted by Crippen LogP contribution is 2.12. The van der Waals surface area contributed by atoms with Gasteiger partial charge < -0.3 is 10.1 Å². The second-order valence-electron chi connectivity index (χ2n) is 3.98. The molecule has 0 saturated carbocycles. The lowest BCUT2D eigenvalue weighted by Gasteiger charge is -2.07. The van der Waals surface area contributed by atoms with Gasteiger partial charge in [0.25, 0.3) is 0 Å². The number of hydrogen-bond acceptors (Lipinski definition) is 4. The number of aromatic nitrogens is 2. The molecule has 1 aromatic carbocycles. The third-order valence-electron chi connectivity index (χ3n) is 2.57. The summed E-state index contributed by atoms with van der Waals surface area (Å²) in [6.45, 7) is 3.32. The molecule has 0 spiro atoms. The van der Waals surface area contributed by atoms with Gasteiger partial charge in [-0.3, -0.25) is 0 Å². The lowest BCUT2D eigenvalue weighted by molar-refractivity contribution is 0.326. The molecule has 1 aromatic heterocycles. The van der Waals surface area contributed by atoms with Gasteiger partial charge in [0, 0.05) is 17.6 Å². The first-order valence-corrected chi connectivity index (χ1v) is 6.59. The Kier molecular flexibility index (Phi) is 4.98. The molecule has 1 N–H and O–H groups in total.